The first-order valence-electron chi connectivity index (χ1n) is 5.57. The van der Waals surface area contributed by atoms with Crippen LogP contribution in [0.25, 0.3) is 0 Å². The highest BCUT2D eigenvalue weighted by Crippen LogP contribution is 2.19. The Labute approximate surface area is 111 Å². The van der Waals surface area contributed by atoms with Crippen molar-refractivity contribution >= 4 is 11.6 Å². The van der Waals surface area contributed by atoms with Gasteiger partial charge in [-0.2, -0.15) is 4.98 Å². The van der Waals surface area contributed by atoms with Gasteiger partial charge in [0.25, 0.3) is 0 Å². The fraction of sp³-hybridized carbons (Fsp3) is 0.231. The molecule has 0 fully saturated rings. The molecule has 18 heavy (non-hydrogen) atoms. The van der Waals surface area contributed by atoms with E-state index in [1.165, 1.54) is 0 Å². The first-order valence-corrected chi connectivity index (χ1v) is 5.95. The van der Waals surface area contributed by atoms with Gasteiger partial charge in [0.15, 0.2) is 0 Å². The molecule has 0 saturated heterocycles. The third-order valence-corrected chi connectivity index (χ3v) is 2.89. The molecule has 94 valence electrons. The Bertz CT molecular complexity index is 523. The van der Waals surface area contributed by atoms with Crippen LogP contribution in [0.1, 0.15) is 17.1 Å². The van der Waals surface area contributed by atoms with E-state index >= 15 is 0 Å². The fourth-order valence-corrected chi connectivity index (χ4v) is 1.85. The maximum absolute atomic E-state index is 6.12. The van der Waals surface area contributed by atoms with Crippen LogP contribution in [-0.2, 0) is 13.0 Å². The van der Waals surface area contributed by atoms with E-state index in [-0.39, 0.29) is 6.54 Å². The summed E-state index contributed by atoms with van der Waals surface area (Å²) in [4.78, 5) is 8.50. The van der Waals surface area contributed by atoms with Crippen LogP contribution in [-0.4, -0.2) is 17.1 Å². The van der Waals surface area contributed by atoms with Crippen molar-refractivity contribution in [2.75, 3.05) is 7.11 Å². The molecular weight excluding hydrogens is 250 g/mol. The number of halogens is 1. The van der Waals surface area contributed by atoms with Crippen molar-refractivity contribution in [1.82, 2.24) is 9.97 Å². The van der Waals surface area contributed by atoms with Crippen LogP contribution in [0.15, 0.2) is 30.3 Å². The van der Waals surface area contributed by atoms with Gasteiger partial charge in [0.1, 0.15) is 5.82 Å². The monoisotopic (exact) mass is 263 g/mol. The summed E-state index contributed by atoms with van der Waals surface area (Å²) < 4.78 is 5.13. The first kappa shape index (κ1) is 12.8. The summed E-state index contributed by atoms with van der Waals surface area (Å²) in [6.07, 6.45) is 0.631. The zero-order valence-corrected chi connectivity index (χ0v) is 10.8. The van der Waals surface area contributed by atoms with Gasteiger partial charge >= 0.3 is 0 Å². The Morgan fingerprint density at radius 2 is 2.06 bits per heavy atom. The number of nitrogens with zero attached hydrogens (tertiary/aromatic N) is 2. The van der Waals surface area contributed by atoms with E-state index in [4.69, 9.17) is 22.1 Å². The molecule has 0 radical (unpaired) electrons. The molecule has 0 atom stereocenters. The summed E-state index contributed by atoms with van der Waals surface area (Å²) in [5.41, 5.74) is 7.42. The molecule has 1 aromatic heterocycles. The highest BCUT2D eigenvalue weighted by atomic mass is 35.5. The Hall–Kier alpha value is -1.65. The third kappa shape index (κ3) is 2.97. The van der Waals surface area contributed by atoms with Crippen LogP contribution >= 0.6 is 11.6 Å². The molecule has 5 heteroatoms. The standard InChI is InChI=1S/C13H14ClN3O/c1-18-13-7-10(16-12(8-15)17-13)6-9-4-2-3-5-11(9)14/h2-5,7H,6,8,15H2,1H3. The number of methoxy groups -OCH3 is 1. The van der Waals surface area contributed by atoms with Gasteiger partial charge < -0.3 is 10.5 Å². The highest BCUT2D eigenvalue weighted by molar-refractivity contribution is 6.31. The van der Waals surface area contributed by atoms with Crippen molar-refractivity contribution < 1.29 is 4.74 Å². The van der Waals surface area contributed by atoms with E-state index in [2.05, 4.69) is 9.97 Å². The molecule has 1 heterocycles. The molecule has 1 aromatic carbocycles. The van der Waals surface area contributed by atoms with Crippen LogP contribution in [0.5, 0.6) is 5.88 Å². The van der Waals surface area contributed by atoms with E-state index in [1.54, 1.807) is 13.2 Å². The molecule has 0 bridgehead atoms. The number of ether oxygens (including phenoxy) is 1. The van der Waals surface area contributed by atoms with Gasteiger partial charge in [0, 0.05) is 17.5 Å². The van der Waals surface area contributed by atoms with Gasteiger partial charge in [-0.05, 0) is 11.6 Å². The lowest BCUT2D eigenvalue weighted by atomic mass is 10.1. The summed E-state index contributed by atoms with van der Waals surface area (Å²) in [7, 11) is 1.57. The molecule has 2 rings (SSSR count). The van der Waals surface area contributed by atoms with Gasteiger partial charge in [0.05, 0.1) is 19.3 Å². The number of benzene rings is 1. The van der Waals surface area contributed by atoms with Gasteiger partial charge in [-0.15, -0.1) is 0 Å². The molecule has 0 saturated carbocycles. The summed E-state index contributed by atoms with van der Waals surface area (Å²) in [5.74, 6) is 1.09. The average molecular weight is 264 g/mol. The molecule has 2 aromatic rings. The Morgan fingerprint density at radius 3 is 2.72 bits per heavy atom. The summed E-state index contributed by atoms with van der Waals surface area (Å²) >= 11 is 6.12. The van der Waals surface area contributed by atoms with Crippen molar-refractivity contribution in [2.45, 2.75) is 13.0 Å². The average Bonchev–Trinajstić information content (AvgIpc) is 2.41. The minimum Gasteiger partial charge on any atom is -0.481 e. The topological polar surface area (TPSA) is 61.0 Å². The smallest absolute Gasteiger partial charge is 0.216 e. The van der Waals surface area contributed by atoms with Gasteiger partial charge in [-0.25, -0.2) is 4.98 Å². The molecule has 0 amide bonds. The number of nitrogens with two attached hydrogens (primary N) is 1. The molecule has 0 aliphatic rings. The predicted octanol–water partition coefficient (Wildman–Crippen LogP) is 2.19. The van der Waals surface area contributed by atoms with Crippen molar-refractivity contribution in [2.24, 2.45) is 5.73 Å². The van der Waals surface area contributed by atoms with E-state index in [1.807, 2.05) is 24.3 Å². The predicted molar refractivity (Wildman–Crippen MR) is 70.7 cm³/mol. The fourth-order valence-electron chi connectivity index (χ4n) is 1.65. The molecule has 0 aliphatic carbocycles. The lowest BCUT2D eigenvalue weighted by molar-refractivity contribution is 0.394. The van der Waals surface area contributed by atoms with Crippen LogP contribution in [0.4, 0.5) is 0 Å². The Kier molecular flexibility index (Phi) is 4.12. The second kappa shape index (κ2) is 5.80. The van der Waals surface area contributed by atoms with Crippen LogP contribution < -0.4 is 10.5 Å². The van der Waals surface area contributed by atoms with Crippen molar-refractivity contribution in [3.63, 3.8) is 0 Å². The van der Waals surface area contributed by atoms with E-state index in [0.717, 1.165) is 16.3 Å². The maximum Gasteiger partial charge on any atom is 0.216 e. The number of aromatic nitrogens is 2. The maximum atomic E-state index is 6.12. The van der Waals surface area contributed by atoms with E-state index in [0.29, 0.717) is 18.1 Å². The van der Waals surface area contributed by atoms with Gasteiger partial charge in [0.2, 0.25) is 5.88 Å². The first-order chi connectivity index (χ1) is 8.72. The second-order valence-corrected chi connectivity index (χ2v) is 4.20. The van der Waals surface area contributed by atoms with Crippen molar-refractivity contribution in [1.29, 1.82) is 0 Å². The zero-order chi connectivity index (χ0) is 13.0. The lowest BCUT2D eigenvalue weighted by Crippen LogP contribution is -2.07. The Balaban J connectivity index is 2.31. The molecule has 0 aliphatic heterocycles. The molecule has 2 N–H and O–H groups in total. The molecule has 0 spiro atoms. The minimum absolute atomic E-state index is 0.284. The molecule has 4 nitrogen and oxygen atoms in total. The summed E-state index contributed by atoms with van der Waals surface area (Å²) in [5, 5.41) is 0.726. The van der Waals surface area contributed by atoms with E-state index < -0.39 is 0 Å². The van der Waals surface area contributed by atoms with Gasteiger partial charge in [-0.3, -0.25) is 0 Å². The van der Waals surface area contributed by atoms with Crippen molar-refractivity contribution in [3.8, 4) is 5.88 Å². The third-order valence-electron chi connectivity index (χ3n) is 2.52. The SMILES string of the molecule is COc1cc(Cc2ccccc2Cl)nc(CN)n1. The minimum atomic E-state index is 0.284. The lowest BCUT2D eigenvalue weighted by Gasteiger charge is -2.07. The van der Waals surface area contributed by atoms with Gasteiger partial charge in [-0.1, -0.05) is 29.8 Å². The molecule has 0 unspecified atom stereocenters. The number of hydrogen-bond donors (Lipinski definition) is 1. The van der Waals surface area contributed by atoms with Crippen LogP contribution in [0.3, 0.4) is 0 Å². The number of hydrogen-bond acceptors (Lipinski definition) is 4. The van der Waals surface area contributed by atoms with Crippen LogP contribution in [0, 0.1) is 0 Å². The second-order valence-electron chi connectivity index (χ2n) is 3.79. The van der Waals surface area contributed by atoms with Crippen molar-refractivity contribution in [3.05, 3.63) is 52.4 Å². The summed E-state index contributed by atoms with van der Waals surface area (Å²) in [6.45, 7) is 0.284. The normalized spacial score (nSPS) is 10.4. The highest BCUT2D eigenvalue weighted by Gasteiger charge is 2.06. The number of rotatable bonds is 4. The molecular formula is C13H14ClN3O. The van der Waals surface area contributed by atoms with Crippen LogP contribution in [0.2, 0.25) is 5.02 Å². The largest absolute Gasteiger partial charge is 0.481 e. The zero-order valence-electron chi connectivity index (χ0n) is 10.1. The summed E-state index contributed by atoms with van der Waals surface area (Å²) in [6, 6.07) is 9.47. The Morgan fingerprint density at radius 1 is 1.28 bits per heavy atom. The quantitative estimate of drug-likeness (QED) is 0.919. The van der Waals surface area contributed by atoms with E-state index in [9.17, 15) is 0 Å².